The summed E-state index contributed by atoms with van der Waals surface area (Å²) in [5.74, 6) is 0.224. The van der Waals surface area contributed by atoms with Crippen LogP contribution in [0, 0.1) is 5.92 Å². The minimum atomic E-state index is -3.39. The summed E-state index contributed by atoms with van der Waals surface area (Å²) >= 11 is 5.78. The molecule has 0 saturated carbocycles. The molecule has 0 aromatic heterocycles. The van der Waals surface area contributed by atoms with Gasteiger partial charge in [-0.25, -0.2) is 8.42 Å². The Balaban J connectivity index is 2.02. The standard InChI is InChI=1S/C14H18ClNO3S/c15-14-3-1-12(2-4-14)7-10-20(18,19)16-8-5-13(11-17)6-9-16/h1-4,7,10,13,17H,5-6,8-9,11H2/b10-7+. The van der Waals surface area contributed by atoms with E-state index in [-0.39, 0.29) is 12.5 Å². The van der Waals surface area contributed by atoms with Crippen LogP contribution < -0.4 is 0 Å². The van der Waals surface area contributed by atoms with Crippen LogP contribution in [-0.4, -0.2) is 37.5 Å². The predicted octanol–water partition coefficient (Wildman–Crippen LogP) is 2.34. The highest BCUT2D eigenvalue weighted by molar-refractivity contribution is 7.92. The molecule has 1 fully saturated rings. The van der Waals surface area contributed by atoms with E-state index in [1.54, 1.807) is 30.3 Å². The van der Waals surface area contributed by atoms with E-state index in [2.05, 4.69) is 0 Å². The van der Waals surface area contributed by atoms with Gasteiger partial charge in [0, 0.05) is 30.1 Å². The van der Waals surface area contributed by atoms with Crippen LogP contribution in [0.25, 0.3) is 6.08 Å². The van der Waals surface area contributed by atoms with Crippen molar-refractivity contribution in [2.24, 2.45) is 5.92 Å². The Labute approximate surface area is 124 Å². The maximum absolute atomic E-state index is 12.2. The molecule has 0 bridgehead atoms. The van der Waals surface area contributed by atoms with Gasteiger partial charge in [0.2, 0.25) is 10.0 Å². The molecule has 0 aliphatic carbocycles. The Morgan fingerprint density at radius 2 is 1.85 bits per heavy atom. The van der Waals surface area contributed by atoms with Crippen molar-refractivity contribution in [3.8, 4) is 0 Å². The van der Waals surface area contributed by atoms with Crippen LogP contribution in [0.3, 0.4) is 0 Å². The van der Waals surface area contributed by atoms with E-state index >= 15 is 0 Å². The number of benzene rings is 1. The first-order valence-electron chi connectivity index (χ1n) is 6.56. The largest absolute Gasteiger partial charge is 0.396 e. The van der Waals surface area contributed by atoms with Gasteiger partial charge in [-0.1, -0.05) is 23.7 Å². The van der Waals surface area contributed by atoms with Gasteiger partial charge < -0.3 is 5.11 Å². The summed E-state index contributed by atoms with van der Waals surface area (Å²) in [4.78, 5) is 0. The molecule has 20 heavy (non-hydrogen) atoms. The van der Waals surface area contributed by atoms with Crippen molar-refractivity contribution in [2.75, 3.05) is 19.7 Å². The minimum Gasteiger partial charge on any atom is -0.396 e. The lowest BCUT2D eigenvalue weighted by Crippen LogP contribution is -2.38. The summed E-state index contributed by atoms with van der Waals surface area (Å²) in [6.45, 7) is 1.07. The van der Waals surface area contributed by atoms with Gasteiger partial charge in [0.05, 0.1) is 0 Å². The number of aliphatic hydroxyl groups excluding tert-OH is 1. The van der Waals surface area contributed by atoms with Crippen molar-refractivity contribution >= 4 is 27.7 Å². The normalized spacial score (nSPS) is 18.7. The molecule has 1 aromatic carbocycles. The van der Waals surface area contributed by atoms with Crippen LogP contribution in [0.1, 0.15) is 18.4 Å². The molecule has 2 rings (SSSR count). The van der Waals surface area contributed by atoms with Crippen LogP contribution in [0.15, 0.2) is 29.7 Å². The Morgan fingerprint density at radius 1 is 1.25 bits per heavy atom. The van der Waals surface area contributed by atoms with Crippen molar-refractivity contribution in [2.45, 2.75) is 12.8 Å². The molecule has 1 heterocycles. The Bertz CT molecular complexity index is 561. The zero-order valence-corrected chi connectivity index (χ0v) is 12.6. The van der Waals surface area contributed by atoms with Gasteiger partial charge in [0.25, 0.3) is 0 Å². The van der Waals surface area contributed by atoms with Crippen molar-refractivity contribution in [3.63, 3.8) is 0 Å². The van der Waals surface area contributed by atoms with E-state index in [4.69, 9.17) is 16.7 Å². The molecule has 1 saturated heterocycles. The fourth-order valence-electron chi connectivity index (χ4n) is 2.17. The van der Waals surface area contributed by atoms with E-state index < -0.39 is 10.0 Å². The van der Waals surface area contributed by atoms with E-state index in [0.29, 0.717) is 31.0 Å². The maximum Gasteiger partial charge on any atom is 0.236 e. The van der Waals surface area contributed by atoms with Crippen LogP contribution in [-0.2, 0) is 10.0 Å². The molecule has 0 radical (unpaired) electrons. The molecule has 1 aliphatic rings. The van der Waals surface area contributed by atoms with Crippen LogP contribution >= 0.6 is 11.6 Å². The Kier molecular flexibility index (Phi) is 5.21. The number of hydrogen-bond donors (Lipinski definition) is 1. The smallest absolute Gasteiger partial charge is 0.236 e. The number of halogens is 1. The lowest BCUT2D eigenvalue weighted by atomic mass is 10.00. The SMILES string of the molecule is O=S(=O)(/C=C/c1ccc(Cl)cc1)N1CCC(CO)CC1. The minimum absolute atomic E-state index is 0.133. The second-order valence-electron chi connectivity index (χ2n) is 4.92. The first-order chi connectivity index (χ1) is 9.51. The quantitative estimate of drug-likeness (QED) is 0.928. The van der Waals surface area contributed by atoms with Gasteiger partial charge >= 0.3 is 0 Å². The van der Waals surface area contributed by atoms with Crippen molar-refractivity contribution in [3.05, 3.63) is 40.3 Å². The molecule has 0 amide bonds. The lowest BCUT2D eigenvalue weighted by molar-refractivity contribution is 0.170. The molecule has 1 N–H and O–H groups in total. The second-order valence-corrected chi connectivity index (χ2v) is 7.18. The molecule has 0 atom stereocenters. The number of rotatable bonds is 4. The number of hydrogen-bond acceptors (Lipinski definition) is 3. The van der Waals surface area contributed by atoms with Crippen molar-refractivity contribution in [1.29, 1.82) is 0 Å². The van der Waals surface area contributed by atoms with E-state index in [1.807, 2.05) is 0 Å². The third-order valence-corrected chi connectivity index (χ3v) is 5.31. The third-order valence-electron chi connectivity index (χ3n) is 3.49. The molecule has 6 heteroatoms. The topological polar surface area (TPSA) is 57.6 Å². The van der Waals surface area contributed by atoms with Crippen LogP contribution in [0.2, 0.25) is 5.02 Å². The summed E-state index contributed by atoms with van der Waals surface area (Å²) in [5, 5.41) is 10.9. The van der Waals surface area contributed by atoms with Gasteiger partial charge in [-0.05, 0) is 42.5 Å². The van der Waals surface area contributed by atoms with E-state index in [9.17, 15) is 8.42 Å². The number of piperidine rings is 1. The number of sulfonamides is 1. The molecule has 1 aromatic rings. The molecular formula is C14H18ClNO3S. The Hall–Kier alpha value is -0.880. The highest BCUT2D eigenvalue weighted by Gasteiger charge is 2.25. The van der Waals surface area contributed by atoms with Crippen molar-refractivity contribution in [1.82, 2.24) is 4.31 Å². The third kappa shape index (κ3) is 4.06. The molecule has 4 nitrogen and oxygen atoms in total. The Morgan fingerprint density at radius 3 is 2.40 bits per heavy atom. The zero-order chi connectivity index (χ0) is 14.6. The van der Waals surface area contributed by atoms with Gasteiger partial charge in [0.1, 0.15) is 0 Å². The summed E-state index contributed by atoms with van der Waals surface area (Å²) < 4.78 is 25.8. The average molecular weight is 316 g/mol. The first kappa shape index (κ1) is 15.5. The summed E-state index contributed by atoms with van der Waals surface area (Å²) in [5.41, 5.74) is 0.795. The van der Waals surface area contributed by atoms with Gasteiger partial charge in [-0.15, -0.1) is 0 Å². The highest BCUT2D eigenvalue weighted by Crippen LogP contribution is 2.20. The molecule has 1 aliphatic heterocycles. The zero-order valence-electron chi connectivity index (χ0n) is 11.1. The summed E-state index contributed by atoms with van der Waals surface area (Å²) in [7, 11) is -3.39. The fourth-order valence-corrected chi connectivity index (χ4v) is 3.52. The van der Waals surface area contributed by atoms with Gasteiger partial charge in [0.15, 0.2) is 0 Å². The monoisotopic (exact) mass is 315 g/mol. The number of nitrogens with zero attached hydrogens (tertiary/aromatic N) is 1. The molecule has 110 valence electrons. The molecular weight excluding hydrogens is 298 g/mol. The van der Waals surface area contributed by atoms with Gasteiger partial charge in [-0.3, -0.25) is 0 Å². The average Bonchev–Trinajstić information content (AvgIpc) is 2.47. The van der Waals surface area contributed by atoms with Gasteiger partial charge in [-0.2, -0.15) is 4.31 Å². The first-order valence-corrected chi connectivity index (χ1v) is 8.44. The summed E-state index contributed by atoms with van der Waals surface area (Å²) in [6, 6.07) is 6.99. The highest BCUT2D eigenvalue weighted by atomic mass is 35.5. The fraction of sp³-hybridized carbons (Fsp3) is 0.429. The predicted molar refractivity (Wildman–Crippen MR) is 80.8 cm³/mol. The van der Waals surface area contributed by atoms with Crippen LogP contribution in [0.5, 0.6) is 0 Å². The second kappa shape index (κ2) is 6.72. The van der Waals surface area contributed by atoms with Crippen LogP contribution in [0.4, 0.5) is 0 Å². The maximum atomic E-state index is 12.2. The molecule has 0 unspecified atom stereocenters. The molecule has 0 spiro atoms. The van der Waals surface area contributed by atoms with E-state index in [1.165, 1.54) is 9.71 Å². The summed E-state index contributed by atoms with van der Waals surface area (Å²) in [6.07, 6.45) is 3.00. The lowest BCUT2D eigenvalue weighted by Gasteiger charge is -2.29. The van der Waals surface area contributed by atoms with E-state index in [0.717, 1.165) is 5.56 Å². The van der Waals surface area contributed by atoms with Crippen molar-refractivity contribution < 1.29 is 13.5 Å². The number of aliphatic hydroxyl groups is 1.